The molecule has 3 amide bonds. The van der Waals surface area contributed by atoms with Gasteiger partial charge in [-0.1, -0.05) is 68.9 Å². The number of anilines is 1. The Kier molecular flexibility index (Phi) is 9.42. The molecule has 2 heterocycles. The van der Waals surface area contributed by atoms with E-state index in [1.165, 1.54) is 51.9 Å². The molecule has 1 fully saturated rings. The number of aromatic nitrogens is 3. The molecule has 1 aliphatic rings. The summed E-state index contributed by atoms with van der Waals surface area (Å²) in [5.74, 6) is 0.123. The Bertz CT molecular complexity index is 1820. The Morgan fingerprint density at radius 3 is 2.37 bits per heavy atom. The summed E-state index contributed by atoms with van der Waals surface area (Å²) in [5.41, 5.74) is 5.53. The van der Waals surface area contributed by atoms with E-state index in [0.29, 0.717) is 22.4 Å². The van der Waals surface area contributed by atoms with Gasteiger partial charge in [-0.25, -0.2) is 19.5 Å². The van der Waals surface area contributed by atoms with Gasteiger partial charge in [0.05, 0.1) is 17.1 Å². The summed E-state index contributed by atoms with van der Waals surface area (Å²) in [6, 6.07) is 17.8. The predicted octanol–water partition coefficient (Wildman–Crippen LogP) is 8.09. The highest BCUT2D eigenvalue weighted by Crippen LogP contribution is 2.35. The predicted molar refractivity (Wildman–Crippen MR) is 173 cm³/mol. The minimum absolute atomic E-state index is 0.133. The van der Waals surface area contributed by atoms with E-state index in [0.717, 1.165) is 27.9 Å². The number of thioether (sulfide) groups is 1. The average Bonchev–Trinajstić information content (AvgIpc) is 3.63. The van der Waals surface area contributed by atoms with Crippen LogP contribution in [0.15, 0.2) is 83.0 Å². The number of amides is 3. The first-order chi connectivity index (χ1) is 21.8. The Labute approximate surface area is 268 Å². The highest BCUT2D eigenvalue weighted by molar-refractivity contribution is 8.15. The third kappa shape index (κ3) is 7.36. The third-order valence-corrected chi connectivity index (χ3v) is 8.39. The van der Waals surface area contributed by atoms with E-state index < -0.39 is 12.4 Å². The van der Waals surface area contributed by atoms with Crippen LogP contribution in [0.1, 0.15) is 56.2 Å². The van der Waals surface area contributed by atoms with Crippen molar-refractivity contribution < 1.29 is 27.5 Å². The maximum Gasteiger partial charge on any atom is 0.573 e. The maximum absolute atomic E-state index is 13.0. The Hall–Kier alpha value is -4.78. The molecule has 1 saturated heterocycles. The number of benzene rings is 3. The highest BCUT2D eigenvalue weighted by atomic mass is 32.2. The van der Waals surface area contributed by atoms with E-state index in [4.69, 9.17) is 0 Å². The van der Waals surface area contributed by atoms with Crippen LogP contribution in [0.2, 0.25) is 0 Å². The summed E-state index contributed by atoms with van der Waals surface area (Å²) >= 11 is 1.22. The number of aryl methyl sites for hydroxylation is 1. The lowest BCUT2D eigenvalue weighted by Gasteiger charge is -2.23. The fourth-order valence-corrected chi connectivity index (χ4v) is 5.98. The molecule has 3 aromatic carbocycles. The molecule has 4 aromatic rings. The second-order valence-electron chi connectivity index (χ2n) is 11.0. The standard InChI is InChI=1S/C33H31F3N6O3S/c1-19(2)29-20(3)7-6-8-27(29)42-28(43)17-46-32(42)39-31(44)38-22(5)21(4)23-9-11-24(12-10-23)30-37-18-41(40-30)25-13-15-26(16-14-25)45-33(34,35)36/h6-16,18-19,21H,17H2,1-5H3. The summed E-state index contributed by atoms with van der Waals surface area (Å²) in [4.78, 5) is 40.1. The zero-order chi connectivity index (χ0) is 33.2. The fourth-order valence-electron chi connectivity index (χ4n) is 5.13. The Morgan fingerprint density at radius 2 is 1.72 bits per heavy atom. The quantitative estimate of drug-likeness (QED) is 0.188. The van der Waals surface area contributed by atoms with Crippen LogP contribution in [0.3, 0.4) is 0 Å². The number of hydrogen-bond donors (Lipinski definition) is 0. The van der Waals surface area contributed by atoms with Crippen molar-refractivity contribution in [1.82, 2.24) is 14.8 Å². The van der Waals surface area contributed by atoms with Crippen molar-refractivity contribution in [3.8, 4) is 22.8 Å². The molecule has 46 heavy (non-hydrogen) atoms. The van der Waals surface area contributed by atoms with E-state index in [1.807, 2.05) is 56.3 Å². The lowest BCUT2D eigenvalue weighted by atomic mass is 9.95. The van der Waals surface area contributed by atoms with E-state index in [1.54, 1.807) is 6.92 Å². The Balaban J connectivity index is 1.28. The van der Waals surface area contributed by atoms with Crippen LogP contribution >= 0.6 is 11.8 Å². The molecular weight excluding hydrogens is 617 g/mol. The average molecular weight is 649 g/mol. The van der Waals surface area contributed by atoms with Crippen LogP contribution < -0.4 is 9.64 Å². The Morgan fingerprint density at radius 1 is 1.02 bits per heavy atom. The van der Waals surface area contributed by atoms with Crippen molar-refractivity contribution in [2.24, 2.45) is 9.98 Å². The highest BCUT2D eigenvalue weighted by Gasteiger charge is 2.33. The number of nitrogens with zero attached hydrogens (tertiary/aromatic N) is 6. The number of ether oxygens (including phenoxy) is 1. The number of carbonyl (C=O) groups is 2. The van der Waals surface area contributed by atoms with E-state index in [-0.39, 0.29) is 29.2 Å². The molecule has 0 N–H and O–H groups in total. The van der Waals surface area contributed by atoms with Gasteiger partial charge in [0.2, 0.25) is 5.91 Å². The molecular formula is C33H31F3N6O3S. The van der Waals surface area contributed by atoms with Gasteiger partial charge in [0.25, 0.3) is 0 Å². The van der Waals surface area contributed by atoms with Gasteiger partial charge in [0.1, 0.15) is 12.1 Å². The third-order valence-electron chi connectivity index (χ3n) is 7.47. The first kappa shape index (κ1) is 32.6. The number of carbonyl (C=O) groups excluding carboxylic acids is 2. The van der Waals surface area contributed by atoms with Crippen LogP contribution in [0.25, 0.3) is 17.1 Å². The molecule has 0 radical (unpaired) electrons. The molecule has 1 aliphatic heterocycles. The van der Waals surface area contributed by atoms with Crippen molar-refractivity contribution in [1.29, 1.82) is 0 Å². The molecule has 1 unspecified atom stereocenters. The van der Waals surface area contributed by atoms with Crippen molar-refractivity contribution >= 4 is 40.3 Å². The summed E-state index contributed by atoms with van der Waals surface area (Å²) in [5, 5.41) is 4.75. The first-order valence-electron chi connectivity index (χ1n) is 14.4. The molecule has 0 bridgehead atoms. The topological polar surface area (TPSA) is 102 Å². The normalized spacial score (nSPS) is 15.6. The number of urea groups is 1. The van der Waals surface area contributed by atoms with Gasteiger partial charge in [-0.2, -0.15) is 4.99 Å². The fraction of sp³-hybridized carbons (Fsp3) is 0.273. The van der Waals surface area contributed by atoms with Gasteiger partial charge in [-0.15, -0.1) is 18.3 Å². The van der Waals surface area contributed by atoms with E-state index in [2.05, 4.69) is 38.7 Å². The van der Waals surface area contributed by atoms with E-state index in [9.17, 15) is 22.8 Å². The number of amidine groups is 1. The minimum Gasteiger partial charge on any atom is -0.406 e. The molecule has 13 heteroatoms. The molecule has 9 nitrogen and oxygen atoms in total. The largest absolute Gasteiger partial charge is 0.573 e. The van der Waals surface area contributed by atoms with Gasteiger partial charge in [-0.3, -0.25) is 9.69 Å². The second-order valence-corrected chi connectivity index (χ2v) is 12.0. The van der Waals surface area contributed by atoms with Crippen LogP contribution in [0.5, 0.6) is 5.75 Å². The molecule has 1 atom stereocenters. The monoisotopic (exact) mass is 648 g/mol. The van der Waals surface area contributed by atoms with Gasteiger partial charge in [0.15, 0.2) is 11.0 Å². The number of aliphatic imine (C=N–C) groups is 2. The maximum atomic E-state index is 13.0. The van der Waals surface area contributed by atoms with Gasteiger partial charge in [0, 0.05) is 17.2 Å². The summed E-state index contributed by atoms with van der Waals surface area (Å²) < 4.78 is 42.7. The first-order valence-corrected chi connectivity index (χ1v) is 15.4. The zero-order valence-electron chi connectivity index (χ0n) is 25.7. The molecule has 0 spiro atoms. The van der Waals surface area contributed by atoms with Crippen LogP contribution in [0.4, 0.5) is 23.7 Å². The minimum atomic E-state index is -4.77. The second kappa shape index (κ2) is 13.3. The molecule has 5 rings (SSSR count). The van der Waals surface area contributed by atoms with Gasteiger partial charge >= 0.3 is 12.4 Å². The van der Waals surface area contributed by atoms with Crippen molar-refractivity contribution in [3.05, 3.63) is 89.7 Å². The van der Waals surface area contributed by atoms with Crippen molar-refractivity contribution in [2.75, 3.05) is 10.7 Å². The van der Waals surface area contributed by atoms with Crippen LogP contribution in [-0.2, 0) is 4.79 Å². The zero-order valence-corrected chi connectivity index (χ0v) is 26.6. The molecule has 0 aliphatic carbocycles. The SMILES string of the molecule is CC(=NC(=O)N=C1SCC(=O)N1c1cccc(C)c1C(C)C)C(C)c1ccc(-c2ncn(-c3ccc(OC(F)(F)F)cc3)n2)cc1. The van der Waals surface area contributed by atoms with Gasteiger partial charge < -0.3 is 4.74 Å². The smallest absolute Gasteiger partial charge is 0.406 e. The van der Waals surface area contributed by atoms with Crippen molar-refractivity contribution in [3.63, 3.8) is 0 Å². The summed E-state index contributed by atoms with van der Waals surface area (Å²) in [7, 11) is 0. The number of halogens is 3. The lowest BCUT2D eigenvalue weighted by molar-refractivity contribution is -0.274. The summed E-state index contributed by atoms with van der Waals surface area (Å²) in [6.07, 6.45) is -3.30. The number of rotatable bonds is 7. The van der Waals surface area contributed by atoms with E-state index >= 15 is 0 Å². The molecule has 0 saturated carbocycles. The number of alkyl halides is 3. The van der Waals surface area contributed by atoms with Crippen molar-refractivity contribution in [2.45, 2.75) is 52.8 Å². The van der Waals surface area contributed by atoms with Crippen LogP contribution in [0, 0.1) is 6.92 Å². The lowest BCUT2D eigenvalue weighted by Crippen LogP contribution is -2.31. The van der Waals surface area contributed by atoms with Crippen LogP contribution in [-0.4, -0.2) is 49.7 Å². The molecule has 238 valence electrons. The van der Waals surface area contributed by atoms with Gasteiger partial charge in [-0.05, 0) is 66.8 Å². The molecule has 1 aromatic heterocycles. The number of hydrogen-bond acceptors (Lipinski definition) is 6. The summed E-state index contributed by atoms with van der Waals surface area (Å²) in [6.45, 7) is 9.81.